The Bertz CT molecular complexity index is 187. The van der Waals surface area contributed by atoms with E-state index in [9.17, 15) is 4.79 Å². The van der Waals surface area contributed by atoms with E-state index in [0.717, 1.165) is 19.3 Å². The summed E-state index contributed by atoms with van der Waals surface area (Å²) in [5.41, 5.74) is 0. The van der Waals surface area contributed by atoms with E-state index >= 15 is 0 Å². The number of rotatable bonds is 1. The van der Waals surface area contributed by atoms with Crippen molar-refractivity contribution in [2.24, 2.45) is 5.92 Å². The van der Waals surface area contributed by atoms with E-state index in [2.05, 4.69) is 20.7 Å². The van der Waals surface area contributed by atoms with Gasteiger partial charge in [0, 0.05) is 0 Å². The van der Waals surface area contributed by atoms with Crippen LogP contribution in [0.25, 0.3) is 0 Å². The summed E-state index contributed by atoms with van der Waals surface area (Å²) < 4.78 is 5.85. The molecule has 1 aliphatic rings. The zero-order chi connectivity index (χ0) is 8.27. The Morgan fingerprint density at radius 2 is 2.55 bits per heavy atom. The largest absolute Gasteiger partial charge is 0.469 e. The second-order valence-corrected chi connectivity index (χ2v) is 3.66. The zero-order valence-corrected chi connectivity index (χ0v) is 8.06. The Hall–Kier alpha value is -0.310. The molecule has 0 fully saturated rings. The number of methoxy groups -OCH3 is 1. The van der Waals surface area contributed by atoms with E-state index in [4.69, 9.17) is 0 Å². The standard InChI is InChI=1S/C8H11BrO2/c1-11-8(10)6-2-4-7(9)5-3-6/h4,6H,2-3,5H2,1H3/t6-/m1/s1. The molecule has 11 heavy (non-hydrogen) atoms. The monoisotopic (exact) mass is 218 g/mol. The van der Waals surface area contributed by atoms with Gasteiger partial charge < -0.3 is 4.74 Å². The van der Waals surface area contributed by atoms with Crippen LogP contribution in [-0.2, 0) is 9.53 Å². The fraction of sp³-hybridized carbons (Fsp3) is 0.625. The summed E-state index contributed by atoms with van der Waals surface area (Å²) in [6.45, 7) is 0. The second-order valence-electron chi connectivity index (χ2n) is 2.65. The van der Waals surface area contributed by atoms with Crippen LogP contribution in [0.4, 0.5) is 0 Å². The molecule has 0 saturated carbocycles. The number of esters is 1. The van der Waals surface area contributed by atoms with Gasteiger partial charge >= 0.3 is 5.97 Å². The molecule has 0 saturated heterocycles. The minimum atomic E-state index is -0.0822. The molecule has 0 heterocycles. The summed E-state index contributed by atoms with van der Waals surface area (Å²) in [4.78, 5) is 11.0. The van der Waals surface area contributed by atoms with Crippen molar-refractivity contribution in [3.05, 3.63) is 10.6 Å². The fourth-order valence-corrected chi connectivity index (χ4v) is 1.60. The highest BCUT2D eigenvalue weighted by Crippen LogP contribution is 2.27. The second kappa shape index (κ2) is 3.90. The van der Waals surface area contributed by atoms with Gasteiger partial charge in [-0.05, 0) is 23.7 Å². The van der Waals surface area contributed by atoms with Crippen LogP contribution in [-0.4, -0.2) is 13.1 Å². The van der Waals surface area contributed by atoms with Crippen LogP contribution < -0.4 is 0 Å². The zero-order valence-electron chi connectivity index (χ0n) is 6.47. The number of hydrogen-bond acceptors (Lipinski definition) is 2. The van der Waals surface area contributed by atoms with Crippen molar-refractivity contribution in [1.29, 1.82) is 0 Å². The molecule has 3 heteroatoms. The first-order valence-corrected chi connectivity index (χ1v) is 4.45. The van der Waals surface area contributed by atoms with Crippen molar-refractivity contribution in [2.75, 3.05) is 7.11 Å². The van der Waals surface area contributed by atoms with Crippen LogP contribution in [0.15, 0.2) is 10.6 Å². The maximum absolute atomic E-state index is 11.0. The molecule has 62 valence electrons. The minimum Gasteiger partial charge on any atom is -0.469 e. The molecule has 0 aromatic heterocycles. The minimum absolute atomic E-state index is 0.0822. The topological polar surface area (TPSA) is 26.3 Å². The number of carbonyl (C=O) groups is 1. The van der Waals surface area contributed by atoms with Crippen molar-refractivity contribution in [1.82, 2.24) is 0 Å². The van der Waals surface area contributed by atoms with Crippen molar-refractivity contribution in [3.8, 4) is 0 Å². The lowest BCUT2D eigenvalue weighted by molar-refractivity contribution is -0.145. The van der Waals surface area contributed by atoms with Gasteiger partial charge in [0.25, 0.3) is 0 Å². The van der Waals surface area contributed by atoms with E-state index in [1.165, 1.54) is 11.6 Å². The van der Waals surface area contributed by atoms with Gasteiger partial charge in [0.1, 0.15) is 0 Å². The molecular formula is C8H11BrO2. The molecule has 0 amide bonds. The summed E-state index contributed by atoms with van der Waals surface area (Å²) in [5, 5.41) is 0. The molecule has 0 spiro atoms. The Balaban J connectivity index is 2.47. The fourth-order valence-electron chi connectivity index (χ4n) is 1.18. The average Bonchev–Trinajstić information content (AvgIpc) is 2.05. The predicted molar refractivity (Wildman–Crippen MR) is 46.4 cm³/mol. The maximum Gasteiger partial charge on any atom is 0.308 e. The molecule has 2 nitrogen and oxygen atoms in total. The maximum atomic E-state index is 11.0. The molecule has 0 aromatic rings. The molecule has 0 N–H and O–H groups in total. The van der Waals surface area contributed by atoms with Crippen molar-refractivity contribution in [3.63, 3.8) is 0 Å². The molecule has 1 aliphatic carbocycles. The summed E-state index contributed by atoms with van der Waals surface area (Å²) in [7, 11) is 1.44. The van der Waals surface area contributed by atoms with Gasteiger partial charge in [-0.15, -0.1) is 0 Å². The summed E-state index contributed by atoms with van der Waals surface area (Å²) in [5.74, 6) is 0.00236. The molecule has 0 aromatic carbocycles. The van der Waals surface area contributed by atoms with Crippen LogP contribution in [0.1, 0.15) is 19.3 Å². The number of halogens is 1. The van der Waals surface area contributed by atoms with E-state index < -0.39 is 0 Å². The molecule has 1 rings (SSSR count). The quantitative estimate of drug-likeness (QED) is 0.632. The Morgan fingerprint density at radius 1 is 1.82 bits per heavy atom. The summed E-state index contributed by atoms with van der Waals surface area (Å²) >= 11 is 3.40. The van der Waals surface area contributed by atoms with Gasteiger partial charge in [0.15, 0.2) is 0 Å². The lowest BCUT2D eigenvalue weighted by Gasteiger charge is -2.16. The summed E-state index contributed by atoms with van der Waals surface area (Å²) in [6, 6.07) is 0. The third-order valence-electron chi connectivity index (χ3n) is 1.89. The third-order valence-corrected chi connectivity index (χ3v) is 2.61. The first kappa shape index (κ1) is 8.78. The lowest BCUT2D eigenvalue weighted by Crippen LogP contribution is -2.17. The van der Waals surface area contributed by atoms with Gasteiger partial charge in [-0.3, -0.25) is 4.79 Å². The summed E-state index contributed by atoms with van der Waals surface area (Å²) in [6.07, 6.45) is 4.72. The average molecular weight is 219 g/mol. The molecule has 0 aliphatic heterocycles. The molecular weight excluding hydrogens is 208 g/mol. The first-order valence-electron chi connectivity index (χ1n) is 3.66. The van der Waals surface area contributed by atoms with Gasteiger partial charge in [-0.2, -0.15) is 0 Å². The molecule has 0 bridgehead atoms. The highest BCUT2D eigenvalue weighted by Gasteiger charge is 2.20. The van der Waals surface area contributed by atoms with Gasteiger partial charge in [-0.1, -0.05) is 22.0 Å². The number of carbonyl (C=O) groups excluding carboxylic acids is 1. The van der Waals surface area contributed by atoms with Crippen molar-refractivity contribution >= 4 is 21.9 Å². The Kier molecular flexibility index (Phi) is 3.12. The number of ether oxygens (including phenoxy) is 1. The first-order chi connectivity index (χ1) is 5.24. The number of hydrogen-bond donors (Lipinski definition) is 0. The van der Waals surface area contributed by atoms with Crippen LogP contribution in [0, 0.1) is 5.92 Å². The normalized spacial score (nSPS) is 24.2. The number of allylic oxidation sites excluding steroid dienone is 2. The van der Waals surface area contributed by atoms with E-state index in [-0.39, 0.29) is 11.9 Å². The van der Waals surface area contributed by atoms with Crippen LogP contribution in [0.5, 0.6) is 0 Å². The smallest absolute Gasteiger partial charge is 0.308 e. The Morgan fingerprint density at radius 3 is 3.00 bits per heavy atom. The van der Waals surface area contributed by atoms with E-state index in [1.807, 2.05) is 6.08 Å². The van der Waals surface area contributed by atoms with Gasteiger partial charge in [0.2, 0.25) is 0 Å². The van der Waals surface area contributed by atoms with Crippen LogP contribution >= 0.6 is 15.9 Å². The van der Waals surface area contributed by atoms with Gasteiger partial charge in [-0.25, -0.2) is 0 Å². The molecule has 1 atom stereocenters. The van der Waals surface area contributed by atoms with Crippen molar-refractivity contribution < 1.29 is 9.53 Å². The van der Waals surface area contributed by atoms with E-state index in [1.54, 1.807) is 0 Å². The lowest BCUT2D eigenvalue weighted by atomic mass is 9.95. The highest BCUT2D eigenvalue weighted by molar-refractivity contribution is 9.11. The predicted octanol–water partition coefficient (Wildman–Crippen LogP) is 2.24. The van der Waals surface area contributed by atoms with Crippen LogP contribution in [0.2, 0.25) is 0 Å². The van der Waals surface area contributed by atoms with Crippen molar-refractivity contribution in [2.45, 2.75) is 19.3 Å². The highest BCUT2D eigenvalue weighted by atomic mass is 79.9. The molecule has 0 radical (unpaired) electrons. The van der Waals surface area contributed by atoms with E-state index in [0.29, 0.717) is 0 Å². The van der Waals surface area contributed by atoms with Gasteiger partial charge in [0.05, 0.1) is 13.0 Å². The third kappa shape index (κ3) is 2.33. The van der Waals surface area contributed by atoms with Crippen LogP contribution in [0.3, 0.4) is 0 Å². The SMILES string of the molecule is COC(=O)[C@@H]1CC=C(Br)CC1. The Labute approximate surface area is 74.7 Å². The molecule has 0 unspecified atom stereocenters.